The zero-order valence-electron chi connectivity index (χ0n) is 17.8. The Morgan fingerprint density at radius 2 is 1.64 bits per heavy atom. The van der Waals surface area contributed by atoms with E-state index < -0.39 is 6.03 Å². The molecule has 2 N–H and O–H groups in total. The maximum atomic E-state index is 12.5. The van der Waals surface area contributed by atoms with Crippen molar-refractivity contribution in [2.75, 3.05) is 5.32 Å². The van der Waals surface area contributed by atoms with Crippen molar-refractivity contribution in [3.05, 3.63) is 99.8 Å². The Kier molecular flexibility index (Phi) is 7.54. The highest BCUT2D eigenvalue weighted by Gasteiger charge is 2.16. The molecule has 1 heterocycles. The minimum atomic E-state index is -0.443. The van der Waals surface area contributed by atoms with Crippen LogP contribution in [0.4, 0.5) is 10.5 Å². The average Bonchev–Trinajstić information content (AvgIpc) is 3.23. The van der Waals surface area contributed by atoms with Gasteiger partial charge in [-0.15, -0.1) is 10.2 Å². The van der Waals surface area contributed by atoms with Crippen LogP contribution in [0.5, 0.6) is 0 Å². The molecule has 2 amide bonds. The summed E-state index contributed by atoms with van der Waals surface area (Å²) in [5.41, 5.74) is 3.63. The molecule has 6 nitrogen and oxygen atoms in total. The third kappa shape index (κ3) is 5.87. The van der Waals surface area contributed by atoms with E-state index in [4.69, 9.17) is 23.2 Å². The molecule has 168 valence electrons. The van der Waals surface area contributed by atoms with Crippen LogP contribution in [0.25, 0.3) is 5.69 Å². The monoisotopic (exact) mass is 497 g/mol. The number of carbonyl (C=O) groups excluding carboxylic acids is 1. The third-order valence-electron chi connectivity index (χ3n) is 4.81. The standard InChI is InChI=1S/C24H21Cl2N5OS/c1-16-10-12-18(13-11-16)31-21(29-30-24(31)33-15-17-6-3-2-4-7-17)14-27-23(32)28-22-19(25)8-5-9-20(22)26/h2-13H,14-15H2,1H3,(H2,27,28,32). The molecule has 9 heteroatoms. The number of aromatic nitrogens is 3. The van der Waals surface area contributed by atoms with Crippen molar-refractivity contribution in [2.24, 2.45) is 0 Å². The number of carbonyl (C=O) groups is 1. The summed E-state index contributed by atoms with van der Waals surface area (Å²) in [7, 11) is 0. The summed E-state index contributed by atoms with van der Waals surface area (Å²) in [6.45, 7) is 2.20. The third-order valence-corrected chi connectivity index (χ3v) is 6.44. The zero-order valence-corrected chi connectivity index (χ0v) is 20.1. The smallest absolute Gasteiger partial charge is 0.319 e. The number of urea groups is 1. The molecule has 0 bridgehead atoms. The molecule has 0 radical (unpaired) electrons. The van der Waals surface area contributed by atoms with E-state index in [-0.39, 0.29) is 6.54 Å². The van der Waals surface area contributed by atoms with Crippen molar-refractivity contribution in [3.63, 3.8) is 0 Å². The molecule has 0 atom stereocenters. The normalized spacial score (nSPS) is 10.8. The largest absolute Gasteiger partial charge is 0.331 e. The van der Waals surface area contributed by atoms with Gasteiger partial charge in [0.05, 0.1) is 22.3 Å². The Morgan fingerprint density at radius 3 is 2.33 bits per heavy atom. The van der Waals surface area contributed by atoms with Crippen molar-refractivity contribution in [1.29, 1.82) is 0 Å². The van der Waals surface area contributed by atoms with Crippen LogP contribution in [-0.4, -0.2) is 20.8 Å². The topological polar surface area (TPSA) is 71.8 Å². The number of hydrogen-bond donors (Lipinski definition) is 2. The quantitative estimate of drug-likeness (QED) is 0.286. The van der Waals surface area contributed by atoms with Crippen LogP contribution < -0.4 is 10.6 Å². The fourth-order valence-electron chi connectivity index (χ4n) is 3.12. The first-order valence-corrected chi connectivity index (χ1v) is 11.9. The number of thioether (sulfide) groups is 1. The number of aryl methyl sites for hydroxylation is 1. The lowest BCUT2D eigenvalue weighted by molar-refractivity contribution is 0.251. The highest BCUT2D eigenvalue weighted by molar-refractivity contribution is 7.98. The first-order chi connectivity index (χ1) is 16.0. The van der Waals surface area contributed by atoms with E-state index in [1.54, 1.807) is 30.0 Å². The van der Waals surface area contributed by atoms with Crippen LogP contribution in [0.2, 0.25) is 10.0 Å². The van der Waals surface area contributed by atoms with Crippen molar-refractivity contribution in [2.45, 2.75) is 24.4 Å². The number of benzene rings is 3. The number of para-hydroxylation sites is 1. The highest BCUT2D eigenvalue weighted by Crippen LogP contribution is 2.30. The molecule has 4 aromatic rings. The van der Waals surface area contributed by atoms with Gasteiger partial charge in [-0.05, 0) is 36.8 Å². The Hall–Kier alpha value is -3.00. The van der Waals surface area contributed by atoms with Crippen LogP contribution in [-0.2, 0) is 12.3 Å². The van der Waals surface area contributed by atoms with Crippen LogP contribution >= 0.6 is 35.0 Å². The lowest BCUT2D eigenvalue weighted by Crippen LogP contribution is -2.29. The molecule has 0 saturated heterocycles. The van der Waals surface area contributed by atoms with Crippen molar-refractivity contribution in [3.8, 4) is 5.69 Å². The van der Waals surface area contributed by atoms with Crippen LogP contribution in [0.15, 0.2) is 78.0 Å². The molecule has 0 aliphatic rings. The second kappa shape index (κ2) is 10.7. The highest BCUT2D eigenvalue weighted by atomic mass is 35.5. The van der Waals surface area contributed by atoms with Crippen LogP contribution in [0.1, 0.15) is 17.0 Å². The summed E-state index contributed by atoms with van der Waals surface area (Å²) >= 11 is 13.9. The number of amides is 2. The fraction of sp³-hybridized carbons (Fsp3) is 0.125. The van der Waals surface area contributed by atoms with Crippen molar-refractivity contribution >= 4 is 46.7 Å². The predicted octanol–water partition coefficient (Wildman–Crippen LogP) is 6.50. The van der Waals surface area contributed by atoms with E-state index in [1.807, 2.05) is 54.0 Å². The maximum absolute atomic E-state index is 12.5. The molecular weight excluding hydrogens is 477 g/mol. The van der Waals surface area contributed by atoms with Crippen molar-refractivity contribution < 1.29 is 4.79 Å². The first-order valence-electron chi connectivity index (χ1n) is 10.2. The molecule has 4 rings (SSSR count). The van der Waals surface area contributed by atoms with Gasteiger partial charge in [0, 0.05) is 11.4 Å². The summed E-state index contributed by atoms with van der Waals surface area (Å²) in [6.07, 6.45) is 0. The van der Waals surface area contributed by atoms with E-state index >= 15 is 0 Å². The summed E-state index contributed by atoms with van der Waals surface area (Å²) in [5, 5.41) is 15.7. The second-order valence-electron chi connectivity index (χ2n) is 7.25. The molecule has 0 saturated carbocycles. The lowest BCUT2D eigenvalue weighted by Gasteiger charge is -2.13. The molecule has 0 aliphatic carbocycles. The minimum Gasteiger partial charge on any atom is -0.331 e. The number of halogens is 2. The number of hydrogen-bond acceptors (Lipinski definition) is 4. The van der Waals surface area contributed by atoms with Gasteiger partial charge in [-0.3, -0.25) is 4.57 Å². The Bertz CT molecular complexity index is 1230. The van der Waals surface area contributed by atoms with E-state index in [0.717, 1.165) is 22.2 Å². The van der Waals surface area contributed by atoms with Gasteiger partial charge in [0.1, 0.15) is 0 Å². The predicted molar refractivity (Wildman–Crippen MR) is 134 cm³/mol. The lowest BCUT2D eigenvalue weighted by atomic mass is 10.2. The summed E-state index contributed by atoms with van der Waals surface area (Å²) in [5.74, 6) is 1.36. The van der Waals surface area contributed by atoms with Gasteiger partial charge in [-0.1, -0.05) is 89.1 Å². The Morgan fingerprint density at radius 1 is 0.939 bits per heavy atom. The average molecular weight is 498 g/mol. The van der Waals surface area contributed by atoms with Crippen LogP contribution in [0.3, 0.4) is 0 Å². The number of anilines is 1. The summed E-state index contributed by atoms with van der Waals surface area (Å²) in [6, 6.07) is 22.9. The van der Waals surface area contributed by atoms with Gasteiger partial charge >= 0.3 is 6.03 Å². The van der Waals surface area contributed by atoms with Gasteiger partial charge < -0.3 is 10.6 Å². The zero-order chi connectivity index (χ0) is 23.2. The van der Waals surface area contributed by atoms with E-state index in [2.05, 4.69) is 33.0 Å². The fourth-order valence-corrected chi connectivity index (χ4v) is 4.54. The second-order valence-corrected chi connectivity index (χ2v) is 9.01. The van der Waals surface area contributed by atoms with Gasteiger partial charge in [0.2, 0.25) is 0 Å². The van der Waals surface area contributed by atoms with E-state index in [9.17, 15) is 4.79 Å². The number of nitrogens with zero attached hydrogens (tertiary/aromatic N) is 3. The number of nitrogens with one attached hydrogen (secondary N) is 2. The Labute approximate surface area is 206 Å². The van der Waals surface area contributed by atoms with Gasteiger partial charge in [0.15, 0.2) is 11.0 Å². The molecule has 0 aliphatic heterocycles. The molecule has 0 spiro atoms. The minimum absolute atomic E-state index is 0.167. The van der Waals surface area contributed by atoms with Crippen LogP contribution in [0, 0.1) is 6.92 Å². The first kappa shape index (κ1) is 23.2. The van der Waals surface area contributed by atoms with E-state index in [1.165, 1.54) is 5.56 Å². The maximum Gasteiger partial charge on any atom is 0.319 e. The molecule has 3 aromatic carbocycles. The molecule has 0 fully saturated rings. The Balaban J connectivity index is 1.52. The number of rotatable bonds is 7. The summed E-state index contributed by atoms with van der Waals surface area (Å²) < 4.78 is 1.95. The van der Waals surface area contributed by atoms with E-state index in [0.29, 0.717) is 21.6 Å². The molecule has 1 aromatic heterocycles. The van der Waals surface area contributed by atoms with Gasteiger partial charge in [0.25, 0.3) is 0 Å². The molecule has 33 heavy (non-hydrogen) atoms. The van der Waals surface area contributed by atoms with Crippen molar-refractivity contribution in [1.82, 2.24) is 20.1 Å². The van der Waals surface area contributed by atoms with Gasteiger partial charge in [-0.25, -0.2) is 4.79 Å². The molecule has 0 unspecified atom stereocenters. The SMILES string of the molecule is Cc1ccc(-n2c(CNC(=O)Nc3c(Cl)cccc3Cl)nnc2SCc2ccccc2)cc1. The molecular formula is C24H21Cl2N5OS. The summed E-state index contributed by atoms with van der Waals surface area (Å²) in [4.78, 5) is 12.5. The van der Waals surface area contributed by atoms with Gasteiger partial charge in [-0.2, -0.15) is 0 Å².